The van der Waals surface area contributed by atoms with Crippen LogP contribution < -0.4 is 0 Å². The number of nitrogens with zero attached hydrogens (tertiary/aromatic N) is 1. The van der Waals surface area contributed by atoms with E-state index < -0.39 is 0 Å². The van der Waals surface area contributed by atoms with Crippen LogP contribution in [0.1, 0.15) is 11.3 Å². The Morgan fingerprint density at radius 1 is 0.880 bits per heavy atom. The molecule has 124 valence electrons. The molecular weight excluding hydrogens is 332 g/mol. The van der Waals surface area contributed by atoms with Crippen molar-refractivity contribution < 1.29 is 4.42 Å². The van der Waals surface area contributed by atoms with Gasteiger partial charge < -0.3 is 9.40 Å². The van der Waals surface area contributed by atoms with E-state index in [2.05, 4.69) is 17.1 Å². The number of hydrogen-bond acceptors (Lipinski definition) is 2. The summed E-state index contributed by atoms with van der Waals surface area (Å²) >= 11 is 6.22. The Kier molecular flexibility index (Phi) is 3.94. The summed E-state index contributed by atoms with van der Waals surface area (Å²) in [5.41, 5.74) is 5.03. The highest BCUT2D eigenvalue weighted by molar-refractivity contribution is 6.31. The number of hydrogen-bond donors (Lipinski definition) is 1. The summed E-state index contributed by atoms with van der Waals surface area (Å²) in [6, 6.07) is 19.9. The second-order valence-corrected chi connectivity index (χ2v) is 6.46. The standard InChI is InChI=1S/C21H17ClN2O/c1-13-8-9-16(12-17(13)22)18-10-11-19(25-18)21-23-14(2)20(24-21)15-6-4-3-5-7-15/h3-12H,1-2H3,(H,23,24). The normalized spacial score (nSPS) is 11.0. The van der Waals surface area contributed by atoms with Crippen LogP contribution in [0, 0.1) is 13.8 Å². The maximum Gasteiger partial charge on any atom is 0.174 e. The number of rotatable bonds is 3. The number of aryl methyl sites for hydroxylation is 2. The molecule has 0 aliphatic carbocycles. The number of imidazole rings is 1. The lowest BCUT2D eigenvalue weighted by Gasteiger charge is -2.01. The number of halogens is 1. The van der Waals surface area contributed by atoms with Gasteiger partial charge >= 0.3 is 0 Å². The van der Waals surface area contributed by atoms with Crippen molar-refractivity contribution in [1.29, 1.82) is 0 Å². The van der Waals surface area contributed by atoms with Crippen LogP contribution in [0.5, 0.6) is 0 Å². The Bertz CT molecular complexity index is 1030. The van der Waals surface area contributed by atoms with Crippen LogP contribution in [-0.4, -0.2) is 9.97 Å². The monoisotopic (exact) mass is 348 g/mol. The highest BCUT2D eigenvalue weighted by Gasteiger charge is 2.14. The lowest BCUT2D eigenvalue weighted by atomic mass is 10.1. The van der Waals surface area contributed by atoms with Crippen LogP contribution in [0.25, 0.3) is 34.2 Å². The van der Waals surface area contributed by atoms with E-state index in [1.165, 1.54) is 0 Å². The molecular formula is C21H17ClN2O. The molecule has 0 amide bonds. The first-order valence-corrected chi connectivity index (χ1v) is 8.48. The Labute approximate surface area is 151 Å². The minimum absolute atomic E-state index is 0.706. The fourth-order valence-corrected chi connectivity index (χ4v) is 3.00. The van der Waals surface area contributed by atoms with Crippen molar-refractivity contribution >= 4 is 11.6 Å². The maximum atomic E-state index is 6.22. The molecule has 25 heavy (non-hydrogen) atoms. The molecule has 2 aromatic heterocycles. The van der Waals surface area contributed by atoms with E-state index in [0.717, 1.165) is 44.7 Å². The second-order valence-electron chi connectivity index (χ2n) is 6.05. The second kappa shape index (κ2) is 6.26. The van der Waals surface area contributed by atoms with Gasteiger partial charge in [-0.25, -0.2) is 4.98 Å². The maximum absolute atomic E-state index is 6.22. The average molecular weight is 349 g/mol. The van der Waals surface area contributed by atoms with E-state index in [1.54, 1.807) is 0 Å². The molecule has 0 saturated heterocycles. The molecule has 0 bridgehead atoms. The first-order chi connectivity index (χ1) is 12.1. The number of aromatic nitrogens is 2. The zero-order chi connectivity index (χ0) is 17.4. The van der Waals surface area contributed by atoms with E-state index in [4.69, 9.17) is 21.0 Å². The molecule has 4 heteroatoms. The molecule has 0 atom stereocenters. The molecule has 0 radical (unpaired) electrons. The van der Waals surface area contributed by atoms with Crippen LogP contribution in [-0.2, 0) is 0 Å². The van der Waals surface area contributed by atoms with Gasteiger partial charge in [0, 0.05) is 21.8 Å². The number of furan rings is 1. The van der Waals surface area contributed by atoms with Crippen molar-refractivity contribution in [3.05, 3.63) is 76.9 Å². The number of nitrogens with one attached hydrogen (secondary N) is 1. The van der Waals surface area contributed by atoms with Crippen LogP contribution in [0.3, 0.4) is 0 Å². The smallest absolute Gasteiger partial charge is 0.174 e. The zero-order valence-electron chi connectivity index (χ0n) is 14.0. The van der Waals surface area contributed by atoms with Gasteiger partial charge in [0.1, 0.15) is 5.76 Å². The Morgan fingerprint density at radius 3 is 2.40 bits per heavy atom. The summed E-state index contributed by atoms with van der Waals surface area (Å²) in [5.74, 6) is 2.20. The van der Waals surface area contributed by atoms with E-state index >= 15 is 0 Å². The minimum Gasteiger partial charge on any atom is -0.453 e. The Morgan fingerprint density at radius 2 is 1.64 bits per heavy atom. The summed E-state index contributed by atoms with van der Waals surface area (Å²) in [5, 5.41) is 0.732. The summed E-state index contributed by atoms with van der Waals surface area (Å²) in [6.45, 7) is 4.00. The molecule has 2 aromatic carbocycles. The van der Waals surface area contributed by atoms with Gasteiger partial charge in [-0.3, -0.25) is 0 Å². The first-order valence-electron chi connectivity index (χ1n) is 8.10. The molecule has 4 aromatic rings. The molecule has 4 rings (SSSR count). The molecule has 0 spiro atoms. The quantitative estimate of drug-likeness (QED) is 0.473. The molecule has 2 heterocycles. The largest absolute Gasteiger partial charge is 0.453 e. The predicted octanol–water partition coefficient (Wildman–Crippen LogP) is 6.27. The molecule has 0 saturated carbocycles. The van der Waals surface area contributed by atoms with Gasteiger partial charge in [-0.05, 0) is 37.6 Å². The van der Waals surface area contributed by atoms with E-state index in [1.807, 2.05) is 62.4 Å². The predicted molar refractivity (Wildman–Crippen MR) is 102 cm³/mol. The number of benzene rings is 2. The van der Waals surface area contributed by atoms with Crippen molar-refractivity contribution in [2.45, 2.75) is 13.8 Å². The average Bonchev–Trinajstić information content (AvgIpc) is 3.25. The van der Waals surface area contributed by atoms with E-state index in [0.29, 0.717) is 5.76 Å². The van der Waals surface area contributed by atoms with E-state index in [9.17, 15) is 0 Å². The summed E-state index contributed by atoms with van der Waals surface area (Å²) < 4.78 is 6.00. The van der Waals surface area contributed by atoms with Crippen molar-refractivity contribution in [3.8, 4) is 34.2 Å². The van der Waals surface area contributed by atoms with Gasteiger partial charge in [0.25, 0.3) is 0 Å². The van der Waals surface area contributed by atoms with Gasteiger partial charge in [-0.15, -0.1) is 0 Å². The minimum atomic E-state index is 0.706. The first kappa shape index (κ1) is 15.7. The summed E-state index contributed by atoms with van der Waals surface area (Å²) in [6.07, 6.45) is 0. The van der Waals surface area contributed by atoms with Crippen LogP contribution in [0.2, 0.25) is 5.02 Å². The fraction of sp³-hybridized carbons (Fsp3) is 0.0952. The molecule has 0 fully saturated rings. The molecule has 1 N–H and O–H groups in total. The van der Waals surface area contributed by atoms with Crippen molar-refractivity contribution in [2.75, 3.05) is 0 Å². The van der Waals surface area contributed by atoms with Gasteiger partial charge in [0.15, 0.2) is 11.6 Å². The third-order valence-electron chi connectivity index (χ3n) is 4.23. The van der Waals surface area contributed by atoms with Crippen molar-refractivity contribution in [2.24, 2.45) is 0 Å². The third kappa shape index (κ3) is 2.99. The summed E-state index contributed by atoms with van der Waals surface area (Å²) in [4.78, 5) is 8.03. The Hall–Kier alpha value is -2.78. The third-order valence-corrected chi connectivity index (χ3v) is 4.63. The van der Waals surface area contributed by atoms with Gasteiger partial charge in [0.05, 0.1) is 5.69 Å². The molecule has 0 aliphatic heterocycles. The van der Waals surface area contributed by atoms with Crippen molar-refractivity contribution in [1.82, 2.24) is 9.97 Å². The Balaban J connectivity index is 1.70. The van der Waals surface area contributed by atoms with Gasteiger partial charge in [-0.1, -0.05) is 54.1 Å². The van der Waals surface area contributed by atoms with Crippen LogP contribution >= 0.6 is 11.6 Å². The SMILES string of the molecule is Cc1ccc(-c2ccc(-c3nc(-c4ccccc4)c(C)[nH]3)o2)cc1Cl. The van der Waals surface area contributed by atoms with E-state index in [-0.39, 0.29) is 0 Å². The topological polar surface area (TPSA) is 41.8 Å². The highest BCUT2D eigenvalue weighted by atomic mass is 35.5. The summed E-state index contributed by atoms with van der Waals surface area (Å²) in [7, 11) is 0. The van der Waals surface area contributed by atoms with Crippen LogP contribution in [0.15, 0.2) is 65.1 Å². The van der Waals surface area contributed by atoms with Crippen molar-refractivity contribution in [3.63, 3.8) is 0 Å². The zero-order valence-corrected chi connectivity index (χ0v) is 14.8. The fourth-order valence-electron chi connectivity index (χ4n) is 2.82. The van der Waals surface area contributed by atoms with Crippen LogP contribution in [0.4, 0.5) is 0 Å². The van der Waals surface area contributed by atoms with Gasteiger partial charge in [-0.2, -0.15) is 0 Å². The highest BCUT2D eigenvalue weighted by Crippen LogP contribution is 2.31. The van der Waals surface area contributed by atoms with Gasteiger partial charge in [0.2, 0.25) is 0 Å². The lowest BCUT2D eigenvalue weighted by Crippen LogP contribution is -1.80. The number of H-pyrrole nitrogens is 1. The molecule has 3 nitrogen and oxygen atoms in total. The lowest BCUT2D eigenvalue weighted by molar-refractivity contribution is 0.593. The molecule has 0 unspecified atom stereocenters. The molecule has 0 aliphatic rings. The number of aromatic amines is 1.